The number of amides is 1. The molecular formula is C15H8Br5N3O2. The van der Waals surface area contributed by atoms with E-state index in [1.165, 1.54) is 0 Å². The molecule has 0 saturated heterocycles. The highest BCUT2D eigenvalue weighted by atomic mass is 79.9. The van der Waals surface area contributed by atoms with Crippen molar-refractivity contribution in [2.24, 2.45) is 0 Å². The zero-order valence-corrected chi connectivity index (χ0v) is 20.0. The Morgan fingerprint density at radius 1 is 1.08 bits per heavy atom. The standard InChI is InChI=1S/C15H8Br5N3O2/c16-4-1-2-6-5(3-4)7(12(19)21-6)10-14(24)22-15(25)11-8(17)9(18)13(20)23(10)11/h1-3,10,14,21,24H,(H,22,25)/t10-,14+/m0/s1. The molecule has 2 atom stereocenters. The van der Waals surface area contributed by atoms with Crippen LogP contribution in [0.3, 0.4) is 0 Å². The lowest BCUT2D eigenvalue weighted by Gasteiger charge is -2.32. The monoisotopic (exact) mass is 657 g/mol. The average molecular weight is 662 g/mol. The van der Waals surface area contributed by atoms with E-state index in [1.807, 2.05) is 18.2 Å². The van der Waals surface area contributed by atoms with Gasteiger partial charge in [0.15, 0.2) is 6.23 Å². The molecule has 5 nitrogen and oxygen atoms in total. The number of nitrogens with zero attached hydrogens (tertiary/aromatic N) is 1. The molecule has 3 heterocycles. The van der Waals surface area contributed by atoms with E-state index < -0.39 is 12.3 Å². The largest absolute Gasteiger partial charge is 0.371 e. The molecule has 0 fully saturated rings. The number of fused-ring (bicyclic) bond motifs is 2. The SMILES string of the molecule is O=C1N[C@H](O)[C@H](c2c(Br)[nH]c3ccc(Br)cc23)n2c(Br)c(Br)c(Br)c21. The van der Waals surface area contributed by atoms with Gasteiger partial charge in [0.1, 0.15) is 16.3 Å². The van der Waals surface area contributed by atoms with Gasteiger partial charge in [-0.3, -0.25) is 4.79 Å². The Kier molecular flexibility index (Phi) is 4.73. The second-order valence-corrected chi connectivity index (χ2v) is 9.59. The van der Waals surface area contributed by atoms with Crippen LogP contribution in [0, 0.1) is 0 Å². The van der Waals surface area contributed by atoms with E-state index in [-0.39, 0.29) is 5.91 Å². The van der Waals surface area contributed by atoms with Gasteiger partial charge < -0.3 is 20.0 Å². The Balaban J connectivity index is 2.06. The van der Waals surface area contributed by atoms with Gasteiger partial charge in [-0.1, -0.05) is 15.9 Å². The number of halogens is 5. The summed E-state index contributed by atoms with van der Waals surface area (Å²) in [6, 6.07) is 5.36. The fourth-order valence-corrected chi connectivity index (χ4v) is 5.95. The maximum Gasteiger partial charge on any atom is 0.271 e. The van der Waals surface area contributed by atoms with Crippen molar-refractivity contribution in [3.63, 3.8) is 0 Å². The molecule has 2 aromatic heterocycles. The third kappa shape index (κ3) is 2.71. The molecule has 10 heteroatoms. The molecule has 0 aliphatic carbocycles. The summed E-state index contributed by atoms with van der Waals surface area (Å²) in [5.74, 6) is -0.348. The number of hydrogen-bond acceptors (Lipinski definition) is 2. The number of aliphatic hydroxyl groups excluding tert-OH is 1. The Labute approximate surface area is 184 Å². The molecule has 25 heavy (non-hydrogen) atoms. The average Bonchev–Trinajstić information content (AvgIpc) is 2.98. The van der Waals surface area contributed by atoms with Gasteiger partial charge in [0.25, 0.3) is 5.91 Å². The number of rotatable bonds is 1. The Bertz CT molecular complexity index is 1040. The van der Waals surface area contributed by atoms with Gasteiger partial charge in [0.05, 0.1) is 13.5 Å². The summed E-state index contributed by atoms with van der Waals surface area (Å²) in [7, 11) is 0. The number of aliphatic hydroxyl groups is 1. The van der Waals surface area contributed by atoms with Gasteiger partial charge in [0.2, 0.25) is 0 Å². The zero-order valence-electron chi connectivity index (χ0n) is 12.1. The Morgan fingerprint density at radius 3 is 2.52 bits per heavy atom. The van der Waals surface area contributed by atoms with Crippen molar-refractivity contribution >= 4 is 96.5 Å². The van der Waals surface area contributed by atoms with Crippen LogP contribution in [0.4, 0.5) is 0 Å². The van der Waals surface area contributed by atoms with Gasteiger partial charge >= 0.3 is 0 Å². The third-order valence-corrected chi connectivity index (χ3v) is 8.66. The highest BCUT2D eigenvalue weighted by Gasteiger charge is 2.40. The summed E-state index contributed by atoms with van der Waals surface area (Å²) in [6.07, 6.45) is -1.09. The smallest absolute Gasteiger partial charge is 0.271 e. The Hall–Kier alpha value is -0.130. The molecule has 0 spiro atoms. The normalized spacial score (nSPS) is 20.0. The second kappa shape index (κ2) is 6.49. The molecule has 1 aliphatic rings. The quantitative estimate of drug-likeness (QED) is 0.326. The van der Waals surface area contributed by atoms with Crippen molar-refractivity contribution < 1.29 is 9.90 Å². The highest BCUT2D eigenvalue weighted by Crippen LogP contribution is 2.45. The van der Waals surface area contributed by atoms with E-state index in [0.717, 1.165) is 25.5 Å². The maximum atomic E-state index is 12.4. The third-order valence-electron chi connectivity index (χ3n) is 4.15. The number of carbonyl (C=O) groups excluding carboxylic acids is 1. The number of benzene rings is 1. The topological polar surface area (TPSA) is 70.1 Å². The predicted octanol–water partition coefficient (Wildman–Crippen LogP) is 5.43. The van der Waals surface area contributed by atoms with Crippen LogP contribution >= 0.6 is 79.6 Å². The summed E-state index contributed by atoms with van der Waals surface area (Å²) < 4.78 is 5.48. The van der Waals surface area contributed by atoms with Crippen LogP contribution in [0.2, 0.25) is 0 Å². The van der Waals surface area contributed by atoms with Gasteiger partial charge in [-0.2, -0.15) is 0 Å². The number of aromatic amines is 1. The number of carbonyl (C=O) groups is 1. The molecule has 0 radical (unpaired) electrons. The van der Waals surface area contributed by atoms with Crippen molar-refractivity contribution in [1.82, 2.24) is 14.9 Å². The van der Waals surface area contributed by atoms with Gasteiger partial charge in [-0.25, -0.2) is 0 Å². The molecule has 1 aliphatic heterocycles. The Morgan fingerprint density at radius 2 is 1.80 bits per heavy atom. The van der Waals surface area contributed by atoms with Crippen LogP contribution in [0.15, 0.2) is 40.8 Å². The van der Waals surface area contributed by atoms with Crippen LogP contribution in [0.1, 0.15) is 22.1 Å². The minimum atomic E-state index is -1.09. The zero-order chi connectivity index (χ0) is 18.0. The fraction of sp³-hybridized carbons (Fsp3) is 0.133. The van der Waals surface area contributed by atoms with Crippen molar-refractivity contribution in [3.05, 3.63) is 52.1 Å². The van der Waals surface area contributed by atoms with Crippen LogP contribution in [-0.2, 0) is 0 Å². The molecule has 3 aromatic rings. The van der Waals surface area contributed by atoms with Crippen LogP contribution in [-0.4, -0.2) is 26.8 Å². The number of hydrogen-bond donors (Lipinski definition) is 3. The molecule has 0 saturated carbocycles. The van der Waals surface area contributed by atoms with Gasteiger partial charge in [0, 0.05) is 20.9 Å². The van der Waals surface area contributed by atoms with Crippen molar-refractivity contribution in [3.8, 4) is 0 Å². The van der Waals surface area contributed by atoms with E-state index >= 15 is 0 Å². The van der Waals surface area contributed by atoms with Crippen LogP contribution < -0.4 is 5.32 Å². The van der Waals surface area contributed by atoms with E-state index in [0.29, 0.717) is 19.2 Å². The molecule has 0 bridgehead atoms. The number of aromatic nitrogens is 2. The molecular weight excluding hydrogens is 654 g/mol. The van der Waals surface area contributed by atoms with E-state index in [2.05, 4.69) is 90.0 Å². The lowest BCUT2D eigenvalue weighted by atomic mass is 10.0. The first-order chi connectivity index (χ1) is 11.8. The highest BCUT2D eigenvalue weighted by molar-refractivity contribution is 9.14. The summed E-state index contributed by atoms with van der Waals surface area (Å²) in [5, 5.41) is 14.3. The second-order valence-electron chi connectivity index (χ2n) is 5.54. The molecule has 0 unspecified atom stereocenters. The van der Waals surface area contributed by atoms with Crippen LogP contribution in [0.25, 0.3) is 10.9 Å². The maximum absolute atomic E-state index is 12.4. The molecule has 130 valence electrons. The minimum Gasteiger partial charge on any atom is -0.371 e. The fourth-order valence-electron chi connectivity index (χ4n) is 3.13. The first-order valence-corrected chi connectivity index (χ1v) is 11.0. The molecule has 4 rings (SSSR count). The summed E-state index contributed by atoms with van der Waals surface area (Å²) in [4.78, 5) is 15.7. The van der Waals surface area contributed by atoms with Crippen molar-refractivity contribution in [2.45, 2.75) is 12.3 Å². The van der Waals surface area contributed by atoms with E-state index in [4.69, 9.17) is 0 Å². The van der Waals surface area contributed by atoms with E-state index in [1.54, 1.807) is 4.57 Å². The summed E-state index contributed by atoms with van der Waals surface area (Å²) >= 11 is 17.5. The van der Waals surface area contributed by atoms with Gasteiger partial charge in [-0.15, -0.1) is 0 Å². The first-order valence-electron chi connectivity index (χ1n) is 7.01. The molecule has 1 aromatic carbocycles. The number of nitrogens with one attached hydrogen (secondary N) is 2. The first kappa shape index (κ1) is 18.2. The van der Waals surface area contributed by atoms with Crippen LogP contribution in [0.5, 0.6) is 0 Å². The minimum absolute atomic E-state index is 0.348. The summed E-state index contributed by atoms with van der Waals surface area (Å²) in [5.41, 5.74) is 2.21. The van der Waals surface area contributed by atoms with Gasteiger partial charge in [-0.05, 0) is 81.9 Å². The molecule has 3 N–H and O–H groups in total. The van der Waals surface area contributed by atoms with Crippen molar-refractivity contribution in [2.75, 3.05) is 0 Å². The van der Waals surface area contributed by atoms with Crippen molar-refractivity contribution in [1.29, 1.82) is 0 Å². The summed E-state index contributed by atoms with van der Waals surface area (Å²) in [6.45, 7) is 0. The van der Waals surface area contributed by atoms with E-state index in [9.17, 15) is 9.90 Å². The number of H-pyrrole nitrogens is 1. The predicted molar refractivity (Wildman–Crippen MR) is 113 cm³/mol. The molecule has 1 amide bonds. The lowest BCUT2D eigenvalue weighted by molar-refractivity contribution is 0.0562. The lowest BCUT2D eigenvalue weighted by Crippen LogP contribution is -2.48.